The minimum Gasteiger partial charge on any atom is -0.497 e. The van der Waals surface area contributed by atoms with Gasteiger partial charge >= 0.3 is 0 Å². The first-order valence-electron chi connectivity index (χ1n) is 11.2. The molecule has 1 fully saturated rings. The topological polar surface area (TPSA) is 101 Å². The average molecular weight is 440 g/mol. The molecule has 2 aromatic heterocycles. The van der Waals surface area contributed by atoms with Crippen molar-refractivity contribution in [3.8, 4) is 5.75 Å². The van der Waals surface area contributed by atoms with E-state index in [1.165, 1.54) is 11.3 Å². The molecular weight excluding hydrogens is 410 g/mol. The Hall–Kier alpha value is -2.98. The molecule has 170 valence electrons. The number of ether oxygens (including phenoxy) is 2. The second kappa shape index (κ2) is 9.25. The summed E-state index contributed by atoms with van der Waals surface area (Å²) in [4.78, 5) is 20.7. The number of morpholine rings is 1. The summed E-state index contributed by atoms with van der Waals surface area (Å²) in [7, 11) is 1.67. The highest BCUT2D eigenvalue weighted by Gasteiger charge is 2.24. The van der Waals surface area contributed by atoms with Gasteiger partial charge in [-0.25, -0.2) is 4.68 Å². The van der Waals surface area contributed by atoms with Gasteiger partial charge in [0, 0.05) is 67.7 Å². The van der Waals surface area contributed by atoms with Crippen molar-refractivity contribution in [2.45, 2.75) is 38.9 Å². The Morgan fingerprint density at radius 1 is 1.25 bits per heavy atom. The molecule has 3 aromatic rings. The molecule has 10 heteroatoms. The number of aromatic amines is 1. The fourth-order valence-corrected chi connectivity index (χ4v) is 4.54. The lowest BCUT2D eigenvalue weighted by atomic mass is 10.0. The van der Waals surface area contributed by atoms with Crippen molar-refractivity contribution in [3.63, 3.8) is 0 Å². The molecule has 0 bridgehead atoms. The molecule has 0 atom stereocenters. The largest absolute Gasteiger partial charge is 0.497 e. The van der Waals surface area contributed by atoms with E-state index in [0.717, 1.165) is 61.7 Å². The molecule has 2 aliphatic heterocycles. The normalized spacial score (nSPS) is 17.0. The Balaban J connectivity index is 1.17. The van der Waals surface area contributed by atoms with Crippen LogP contribution in [0.3, 0.4) is 0 Å². The van der Waals surface area contributed by atoms with Crippen LogP contribution in [0.1, 0.15) is 29.9 Å². The van der Waals surface area contributed by atoms with Gasteiger partial charge in [-0.1, -0.05) is 0 Å². The molecule has 1 amide bonds. The number of benzene rings is 1. The molecule has 0 spiro atoms. The number of nitrogens with zero attached hydrogens (tertiary/aromatic N) is 6. The van der Waals surface area contributed by atoms with Crippen LogP contribution in [-0.4, -0.2) is 80.9 Å². The third kappa shape index (κ3) is 4.33. The SMILES string of the molecule is COc1ccc2[nH]c3c(c2c1)CN(C(=O)CCCn1nnnc1CN1CCOCC1)CC3. The maximum absolute atomic E-state index is 12.9. The van der Waals surface area contributed by atoms with Gasteiger partial charge in [-0.3, -0.25) is 9.69 Å². The molecule has 4 heterocycles. The van der Waals surface area contributed by atoms with Crippen LogP contribution >= 0.6 is 0 Å². The zero-order chi connectivity index (χ0) is 21.9. The minimum atomic E-state index is 0.177. The Kier molecular flexibility index (Phi) is 6.04. The van der Waals surface area contributed by atoms with Crippen molar-refractivity contribution < 1.29 is 14.3 Å². The molecular formula is C22H29N7O3. The quantitative estimate of drug-likeness (QED) is 0.593. The van der Waals surface area contributed by atoms with Crippen LogP contribution < -0.4 is 4.74 Å². The van der Waals surface area contributed by atoms with Crippen molar-refractivity contribution in [2.24, 2.45) is 0 Å². The van der Waals surface area contributed by atoms with E-state index in [9.17, 15) is 4.79 Å². The molecule has 2 aliphatic rings. The number of methoxy groups -OCH3 is 1. The number of amides is 1. The van der Waals surface area contributed by atoms with E-state index in [1.54, 1.807) is 7.11 Å². The first-order chi connectivity index (χ1) is 15.7. The smallest absolute Gasteiger partial charge is 0.222 e. The summed E-state index contributed by atoms with van der Waals surface area (Å²) in [6.07, 6.45) is 2.04. The molecule has 1 N–H and O–H groups in total. The average Bonchev–Trinajstić information content (AvgIpc) is 3.42. The van der Waals surface area contributed by atoms with E-state index in [4.69, 9.17) is 9.47 Å². The van der Waals surface area contributed by atoms with E-state index in [-0.39, 0.29) is 5.91 Å². The Morgan fingerprint density at radius 2 is 2.12 bits per heavy atom. The first-order valence-corrected chi connectivity index (χ1v) is 11.2. The third-order valence-electron chi connectivity index (χ3n) is 6.37. The van der Waals surface area contributed by atoms with Gasteiger partial charge in [-0.2, -0.15) is 0 Å². The lowest BCUT2D eigenvalue weighted by Gasteiger charge is -2.27. The number of aryl methyl sites for hydroxylation is 1. The number of fused-ring (bicyclic) bond motifs is 3. The van der Waals surface area contributed by atoms with Gasteiger partial charge < -0.3 is 19.4 Å². The number of carbonyl (C=O) groups is 1. The fraction of sp³-hybridized carbons (Fsp3) is 0.545. The van der Waals surface area contributed by atoms with Crippen molar-refractivity contribution in [3.05, 3.63) is 35.3 Å². The number of tetrazole rings is 1. The van der Waals surface area contributed by atoms with Gasteiger partial charge in [0.05, 0.1) is 26.9 Å². The Morgan fingerprint density at radius 3 is 2.97 bits per heavy atom. The summed E-state index contributed by atoms with van der Waals surface area (Å²) < 4.78 is 12.6. The maximum Gasteiger partial charge on any atom is 0.222 e. The van der Waals surface area contributed by atoms with Crippen LogP contribution in [-0.2, 0) is 35.6 Å². The zero-order valence-corrected chi connectivity index (χ0v) is 18.4. The summed E-state index contributed by atoms with van der Waals surface area (Å²) in [5.74, 6) is 1.85. The molecule has 0 radical (unpaired) electrons. The molecule has 1 saturated heterocycles. The predicted octanol–water partition coefficient (Wildman–Crippen LogP) is 1.36. The summed E-state index contributed by atoms with van der Waals surface area (Å²) in [6, 6.07) is 6.05. The van der Waals surface area contributed by atoms with Gasteiger partial charge in [0.25, 0.3) is 0 Å². The molecule has 0 aliphatic carbocycles. The summed E-state index contributed by atoms with van der Waals surface area (Å²) in [5, 5.41) is 13.3. The lowest BCUT2D eigenvalue weighted by molar-refractivity contribution is -0.132. The minimum absolute atomic E-state index is 0.177. The number of carbonyl (C=O) groups excluding carboxylic acids is 1. The van der Waals surface area contributed by atoms with Gasteiger partial charge in [0.2, 0.25) is 5.91 Å². The van der Waals surface area contributed by atoms with Crippen LogP contribution in [0.2, 0.25) is 0 Å². The third-order valence-corrected chi connectivity index (χ3v) is 6.37. The fourth-order valence-electron chi connectivity index (χ4n) is 4.54. The van der Waals surface area contributed by atoms with Crippen molar-refractivity contribution in [1.29, 1.82) is 0 Å². The van der Waals surface area contributed by atoms with E-state index < -0.39 is 0 Å². The standard InChI is InChI=1S/C22H29N7O3/c1-31-16-4-5-19-17(13-16)18-14-28(8-6-20(18)23-19)22(30)3-2-7-29-21(24-25-26-29)15-27-9-11-32-12-10-27/h4-5,13,23H,2-3,6-12,14-15H2,1H3. The van der Waals surface area contributed by atoms with E-state index in [1.807, 2.05) is 27.8 Å². The van der Waals surface area contributed by atoms with Crippen LogP contribution in [0.25, 0.3) is 10.9 Å². The maximum atomic E-state index is 12.9. The molecule has 0 saturated carbocycles. The molecule has 32 heavy (non-hydrogen) atoms. The van der Waals surface area contributed by atoms with E-state index in [2.05, 4.69) is 25.4 Å². The highest BCUT2D eigenvalue weighted by molar-refractivity contribution is 5.87. The summed E-state index contributed by atoms with van der Waals surface area (Å²) in [6.45, 7) is 6.00. The van der Waals surface area contributed by atoms with Crippen molar-refractivity contribution in [2.75, 3.05) is 40.0 Å². The molecule has 0 unspecified atom stereocenters. The number of H-pyrrole nitrogens is 1. The van der Waals surface area contributed by atoms with Gasteiger partial charge in [-0.05, 0) is 35.0 Å². The first kappa shape index (κ1) is 20.9. The van der Waals surface area contributed by atoms with Crippen molar-refractivity contribution in [1.82, 2.24) is 35.0 Å². The molecule has 5 rings (SSSR count). The van der Waals surface area contributed by atoms with Crippen LogP contribution in [0.5, 0.6) is 5.75 Å². The number of hydrogen-bond acceptors (Lipinski definition) is 7. The number of aromatic nitrogens is 5. The van der Waals surface area contributed by atoms with Gasteiger partial charge in [0.1, 0.15) is 5.75 Å². The zero-order valence-electron chi connectivity index (χ0n) is 18.4. The second-order valence-corrected chi connectivity index (χ2v) is 8.37. The van der Waals surface area contributed by atoms with Crippen LogP contribution in [0.4, 0.5) is 0 Å². The molecule has 10 nitrogen and oxygen atoms in total. The highest BCUT2D eigenvalue weighted by Crippen LogP contribution is 2.30. The highest BCUT2D eigenvalue weighted by atomic mass is 16.5. The van der Waals surface area contributed by atoms with Gasteiger partial charge in [0.15, 0.2) is 5.82 Å². The summed E-state index contributed by atoms with van der Waals surface area (Å²) >= 11 is 0. The van der Waals surface area contributed by atoms with Crippen LogP contribution in [0, 0.1) is 0 Å². The summed E-state index contributed by atoms with van der Waals surface area (Å²) in [5.41, 5.74) is 3.52. The number of nitrogens with one attached hydrogen (secondary N) is 1. The molecule has 1 aromatic carbocycles. The van der Waals surface area contributed by atoms with Crippen LogP contribution in [0.15, 0.2) is 18.2 Å². The monoisotopic (exact) mass is 439 g/mol. The number of rotatable bonds is 7. The number of hydrogen-bond donors (Lipinski definition) is 1. The predicted molar refractivity (Wildman–Crippen MR) is 117 cm³/mol. The van der Waals surface area contributed by atoms with E-state index in [0.29, 0.717) is 32.5 Å². The lowest BCUT2D eigenvalue weighted by Crippen LogP contribution is -2.36. The Bertz CT molecular complexity index is 1090. The van der Waals surface area contributed by atoms with E-state index >= 15 is 0 Å². The second-order valence-electron chi connectivity index (χ2n) is 8.37. The van der Waals surface area contributed by atoms with Gasteiger partial charge in [-0.15, -0.1) is 5.10 Å². The Labute approximate surface area is 186 Å². The van der Waals surface area contributed by atoms with Crippen molar-refractivity contribution >= 4 is 16.8 Å².